The van der Waals surface area contributed by atoms with Crippen molar-refractivity contribution in [1.82, 2.24) is 5.01 Å². The number of hydrogen-bond donors (Lipinski definition) is 1. The van der Waals surface area contributed by atoms with Gasteiger partial charge in [-0.2, -0.15) is 5.10 Å². The summed E-state index contributed by atoms with van der Waals surface area (Å²) >= 11 is 0. The smallest absolute Gasteiger partial charge is 0.166 e. The Bertz CT molecular complexity index is 411. The third-order valence-electron chi connectivity index (χ3n) is 4.92. The molecule has 0 amide bonds. The number of hydrazone groups is 1. The molecule has 1 saturated heterocycles. The van der Waals surface area contributed by atoms with Crippen molar-refractivity contribution in [3.05, 3.63) is 0 Å². The van der Waals surface area contributed by atoms with E-state index in [1.54, 1.807) is 5.01 Å². The standard InChI is InChI=1S/C12H18N2O3/c1-11(2)16-9-6-4-7(10(9)17-11)12(15)8(6)5-13-14(12)3/h5-10,15H,4H2,1-3H3/t6-,7-,8+,9-,10+,12+/m1/s1. The third kappa shape index (κ3) is 0.998. The second kappa shape index (κ2) is 2.68. The topological polar surface area (TPSA) is 54.3 Å². The first-order valence-electron chi connectivity index (χ1n) is 6.29. The van der Waals surface area contributed by atoms with Gasteiger partial charge in [-0.3, -0.25) is 5.01 Å². The number of aliphatic hydroxyl groups is 1. The van der Waals surface area contributed by atoms with E-state index < -0.39 is 11.5 Å². The summed E-state index contributed by atoms with van der Waals surface area (Å²) < 4.78 is 11.9. The quantitative estimate of drug-likeness (QED) is 0.663. The molecule has 0 radical (unpaired) electrons. The van der Waals surface area contributed by atoms with Gasteiger partial charge in [0.1, 0.15) is 0 Å². The number of rotatable bonds is 0. The lowest BCUT2D eigenvalue weighted by molar-refractivity contribution is -0.183. The van der Waals surface area contributed by atoms with Crippen LogP contribution >= 0.6 is 0 Å². The molecular weight excluding hydrogens is 220 g/mol. The number of fused-ring (bicyclic) bond motifs is 8. The molecule has 17 heavy (non-hydrogen) atoms. The zero-order chi connectivity index (χ0) is 12.0. The molecule has 0 aromatic rings. The van der Waals surface area contributed by atoms with Crippen molar-refractivity contribution < 1.29 is 14.6 Å². The minimum absolute atomic E-state index is 0.0143. The molecule has 3 fully saturated rings. The summed E-state index contributed by atoms with van der Waals surface area (Å²) in [5.74, 6) is 0.0234. The molecule has 0 spiro atoms. The fourth-order valence-corrected chi connectivity index (χ4v) is 4.29. The van der Waals surface area contributed by atoms with Crippen LogP contribution in [-0.4, -0.2) is 47.1 Å². The number of hydrogen-bond acceptors (Lipinski definition) is 5. The molecule has 5 heteroatoms. The van der Waals surface area contributed by atoms with Crippen LogP contribution in [0.15, 0.2) is 5.10 Å². The van der Waals surface area contributed by atoms with Crippen LogP contribution < -0.4 is 0 Å². The maximum Gasteiger partial charge on any atom is 0.166 e. The van der Waals surface area contributed by atoms with Crippen molar-refractivity contribution in [3.8, 4) is 0 Å². The lowest BCUT2D eigenvalue weighted by Gasteiger charge is -2.41. The predicted molar refractivity (Wildman–Crippen MR) is 60.1 cm³/mol. The van der Waals surface area contributed by atoms with Gasteiger partial charge in [0.15, 0.2) is 11.5 Å². The maximum absolute atomic E-state index is 10.9. The van der Waals surface area contributed by atoms with Crippen LogP contribution in [0.5, 0.6) is 0 Å². The van der Waals surface area contributed by atoms with E-state index in [1.807, 2.05) is 27.1 Å². The van der Waals surface area contributed by atoms with Crippen LogP contribution in [0.1, 0.15) is 20.3 Å². The molecule has 4 rings (SSSR count). The molecule has 6 atom stereocenters. The van der Waals surface area contributed by atoms with Gasteiger partial charge >= 0.3 is 0 Å². The average molecular weight is 238 g/mol. The minimum Gasteiger partial charge on any atom is -0.368 e. The summed E-state index contributed by atoms with van der Waals surface area (Å²) in [6.45, 7) is 3.89. The number of ether oxygens (including phenoxy) is 2. The Morgan fingerprint density at radius 2 is 2.06 bits per heavy atom. The van der Waals surface area contributed by atoms with E-state index in [0.29, 0.717) is 5.92 Å². The normalized spacial score (nSPS) is 57.6. The van der Waals surface area contributed by atoms with Crippen LogP contribution in [-0.2, 0) is 9.47 Å². The molecule has 0 aromatic carbocycles. The maximum atomic E-state index is 10.9. The monoisotopic (exact) mass is 238 g/mol. The van der Waals surface area contributed by atoms with E-state index in [1.165, 1.54) is 0 Å². The number of nitrogens with zero attached hydrogens (tertiary/aromatic N) is 2. The highest BCUT2D eigenvalue weighted by Crippen LogP contribution is 2.61. The molecule has 2 bridgehead atoms. The highest BCUT2D eigenvalue weighted by atomic mass is 16.8. The molecular formula is C12H18N2O3. The van der Waals surface area contributed by atoms with E-state index >= 15 is 0 Å². The van der Waals surface area contributed by atoms with Crippen LogP contribution in [0.25, 0.3) is 0 Å². The molecule has 1 N–H and O–H groups in total. The van der Waals surface area contributed by atoms with Gasteiger partial charge in [-0.05, 0) is 20.3 Å². The summed E-state index contributed by atoms with van der Waals surface area (Å²) in [6.07, 6.45) is 3.00. The van der Waals surface area contributed by atoms with Gasteiger partial charge in [0.05, 0.1) is 18.1 Å². The molecule has 94 valence electrons. The third-order valence-corrected chi connectivity index (χ3v) is 4.92. The van der Waals surface area contributed by atoms with Crippen molar-refractivity contribution in [1.29, 1.82) is 0 Å². The van der Waals surface area contributed by atoms with Gasteiger partial charge in [-0.15, -0.1) is 0 Å². The Balaban J connectivity index is 1.74. The fourth-order valence-electron chi connectivity index (χ4n) is 4.29. The van der Waals surface area contributed by atoms with Gasteiger partial charge in [0.2, 0.25) is 0 Å². The Hall–Kier alpha value is -0.650. The van der Waals surface area contributed by atoms with Crippen molar-refractivity contribution in [2.24, 2.45) is 22.9 Å². The molecule has 2 heterocycles. The van der Waals surface area contributed by atoms with Crippen LogP contribution in [0.3, 0.4) is 0 Å². The molecule has 4 aliphatic rings. The summed E-state index contributed by atoms with van der Waals surface area (Å²) in [5.41, 5.74) is -0.852. The van der Waals surface area contributed by atoms with Gasteiger partial charge in [0, 0.05) is 25.1 Å². The second-order valence-electron chi connectivity index (χ2n) is 6.17. The Kier molecular flexibility index (Phi) is 1.62. The summed E-state index contributed by atoms with van der Waals surface area (Å²) in [4.78, 5) is 0. The van der Waals surface area contributed by atoms with E-state index in [2.05, 4.69) is 5.10 Å². The molecule has 0 aromatic heterocycles. The molecule has 0 unspecified atom stereocenters. The van der Waals surface area contributed by atoms with Gasteiger partial charge in [-0.1, -0.05) is 0 Å². The fraction of sp³-hybridized carbons (Fsp3) is 0.917. The van der Waals surface area contributed by atoms with E-state index in [0.717, 1.165) is 6.42 Å². The molecule has 2 aliphatic heterocycles. The van der Waals surface area contributed by atoms with E-state index in [4.69, 9.17) is 9.47 Å². The van der Waals surface area contributed by atoms with Crippen molar-refractivity contribution in [2.45, 2.75) is 44.0 Å². The van der Waals surface area contributed by atoms with Crippen LogP contribution in [0, 0.1) is 17.8 Å². The highest BCUT2D eigenvalue weighted by Gasteiger charge is 2.72. The first-order chi connectivity index (χ1) is 7.93. The zero-order valence-corrected chi connectivity index (χ0v) is 10.3. The Morgan fingerprint density at radius 1 is 1.35 bits per heavy atom. The Morgan fingerprint density at radius 3 is 2.82 bits per heavy atom. The lowest BCUT2D eigenvalue weighted by Crippen LogP contribution is -2.57. The van der Waals surface area contributed by atoms with Crippen molar-refractivity contribution >= 4 is 6.21 Å². The zero-order valence-electron chi connectivity index (χ0n) is 10.3. The first-order valence-corrected chi connectivity index (χ1v) is 6.29. The Labute approximate surface area is 100 Å². The largest absolute Gasteiger partial charge is 0.368 e. The molecule has 2 aliphatic carbocycles. The van der Waals surface area contributed by atoms with E-state index in [9.17, 15) is 5.11 Å². The van der Waals surface area contributed by atoms with Crippen LogP contribution in [0.2, 0.25) is 0 Å². The predicted octanol–water partition coefficient (Wildman–Crippen LogP) is 0.392. The van der Waals surface area contributed by atoms with Crippen LogP contribution in [0.4, 0.5) is 0 Å². The minimum atomic E-state index is -0.852. The summed E-state index contributed by atoms with van der Waals surface area (Å²) in [5, 5.41) is 16.8. The summed E-state index contributed by atoms with van der Waals surface area (Å²) in [7, 11) is 1.84. The summed E-state index contributed by atoms with van der Waals surface area (Å²) in [6, 6.07) is 0. The van der Waals surface area contributed by atoms with Gasteiger partial charge < -0.3 is 14.6 Å². The SMILES string of the molecule is CN1N=C[C@H]2[C@H]3C[C@H]([C@@H]4OC(C)(C)O[C@H]34)[C@]21O. The lowest BCUT2D eigenvalue weighted by atomic mass is 9.79. The second-order valence-corrected chi connectivity index (χ2v) is 6.17. The first kappa shape index (κ1) is 10.3. The van der Waals surface area contributed by atoms with Crippen molar-refractivity contribution in [3.63, 3.8) is 0 Å². The van der Waals surface area contributed by atoms with E-state index in [-0.39, 0.29) is 24.0 Å². The average Bonchev–Trinajstić information content (AvgIpc) is 2.86. The van der Waals surface area contributed by atoms with Gasteiger partial charge in [0.25, 0.3) is 0 Å². The highest BCUT2D eigenvalue weighted by molar-refractivity contribution is 5.67. The molecule has 2 saturated carbocycles. The van der Waals surface area contributed by atoms with Gasteiger partial charge in [-0.25, -0.2) is 0 Å². The van der Waals surface area contributed by atoms with Crippen molar-refractivity contribution in [2.75, 3.05) is 7.05 Å². The molecule has 5 nitrogen and oxygen atoms in total.